The number of ether oxygens (including phenoxy) is 2. The molecule has 0 aromatic heterocycles. The SMILES string of the molecule is CCOc1cc(/C=C(/C#N)C(=O)Nc2cccc(C(=O)O)c2)cc(Cl)c1OCc1ccccc1. The van der Waals surface area contributed by atoms with Crippen molar-refractivity contribution in [3.63, 3.8) is 0 Å². The predicted octanol–water partition coefficient (Wildman–Crippen LogP) is 5.56. The van der Waals surface area contributed by atoms with E-state index < -0.39 is 11.9 Å². The Morgan fingerprint density at radius 3 is 2.53 bits per heavy atom. The number of hydrogen-bond donors (Lipinski definition) is 2. The minimum atomic E-state index is -1.13. The van der Waals surface area contributed by atoms with Crippen molar-refractivity contribution in [2.45, 2.75) is 13.5 Å². The van der Waals surface area contributed by atoms with Crippen LogP contribution in [0.4, 0.5) is 5.69 Å². The molecule has 0 radical (unpaired) electrons. The molecule has 0 bridgehead atoms. The Morgan fingerprint density at radius 1 is 1.09 bits per heavy atom. The van der Waals surface area contributed by atoms with Crippen molar-refractivity contribution in [1.29, 1.82) is 5.26 Å². The summed E-state index contributed by atoms with van der Waals surface area (Å²) in [4.78, 5) is 23.7. The van der Waals surface area contributed by atoms with Crippen molar-refractivity contribution in [3.05, 3.63) is 94.0 Å². The molecule has 2 N–H and O–H groups in total. The molecule has 0 saturated carbocycles. The molecule has 0 aliphatic carbocycles. The lowest BCUT2D eigenvalue weighted by Gasteiger charge is -2.15. The van der Waals surface area contributed by atoms with Gasteiger partial charge in [0, 0.05) is 5.69 Å². The smallest absolute Gasteiger partial charge is 0.335 e. The lowest BCUT2D eigenvalue weighted by atomic mass is 10.1. The Hall–Kier alpha value is -4.28. The zero-order valence-electron chi connectivity index (χ0n) is 18.2. The van der Waals surface area contributed by atoms with E-state index in [1.807, 2.05) is 43.3 Å². The number of carbonyl (C=O) groups excluding carboxylic acids is 1. The fourth-order valence-electron chi connectivity index (χ4n) is 3.05. The number of anilines is 1. The first-order chi connectivity index (χ1) is 16.4. The van der Waals surface area contributed by atoms with Gasteiger partial charge in [0.25, 0.3) is 5.91 Å². The highest BCUT2D eigenvalue weighted by Gasteiger charge is 2.15. The third-order valence-corrected chi connectivity index (χ3v) is 4.88. The van der Waals surface area contributed by atoms with Gasteiger partial charge in [0.15, 0.2) is 11.5 Å². The van der Waals surface area contributed by atoms with Crippen LogP contribution in [0.2, 0.25) is 5.02 Å². The summed E-state index contributed by atoms with van der Waals surface area (Å²) in [6.07, 6.45) is 1.37. The van der Waals surface area contributed by atoms with E-state index in [4.69, 9.17) is 26.2 Å². The van der Waals surface area contributed by atoms with E-state index in [-0.39, 0.29) is 28.5 Å². The molecule has 3 aromatic rings. The number of amides is 1. The van der Waals surface area contributed by atoms with E-state index in [0.717, 1.165) is 5.56 Å². The van der Waals surface area contributed by atoms with Crippen LogP contribution in [0.25, 0.3) is 6.08 Å². The molecule has 7 nitrogen and oxygen atoms in total. The molecule has 0 heterocycles. The molecular formula is C26H21ClN2O5. The molecule has 0 saturated heterocycles. The largest absolute Gasteiger partial charge is 0.490 e. The second-order valence-corrected chi connectivity index (χ2v) is 7.45. The minimum absolute atomic E-state index is 0.0134. The fraction of sp³-hybridized carbons (Fsp3) is 0.115. The number of carboxylic acids is 1. The van der Waals surface area contributed by atoms with Crippen LogP contribution >= 0.6 is 11.6 Å². The summed E-state index contributed by atoms with van der Waals surface area (Å²) >= 11 is 6.45. The van der Waals surface area contributed by atoms with Gasteiger partial charge >= 0.3 is 5.97 Å². The second kappa shape index (κ2) is 11.5. The van der Waals surface area contributed by atoms with E-state index in [1.54, 1.807) is 12.1 Å². The number of nitrogens with zero attached hydrogens (tertiary/aromatic N) is 1. The van der Waals surface area contributed by atoms with Crippen molar-refractivity contribution in [1.82, 2.24) is 0 Å². The van der Waals surface area contributed by atoms with Crippen molar-refractivity contribution in [2.24, 2.45) is 0 Å². The van der Waals surface area contributed by atoms with Crippen LogP contribution in [-0.2, 0) is 11.4 Å². The first-order valence-electron chi connectivity index (χ1n) is 10.3. The van der Waals surface area contributed by atoms with Gasteiger partial charge in [-0.1, -0.05) is 48.0 Å². The Balaban J connectivity index is 1.84. The Bertz CT molecular complexity index is 1270. The number of carboxylic acid groups (broad SMARTS) is 1. The molecule has 0 unspecified atom stereocenters. The Kier molecular flexibility index (Phi) is 8.27. The standard InChI is InChI=1S/C26H21ClN2O5/c1-2-33-23-13-18(12-22(27)24(23)34-16-17-7-4-3-5-8-17)11-20(15-28)25(30)29-21-10-6-9-19(14-21)26(31)32/h3-14H,2,16H2,1H3,(H,29,30)(H,31,32)/b20-11-. The molecule has 0 spiro atoms. The number of halogens is 1. The van der Waals surface area contributed by atoms with Crippen molar-refractivity contribution < 1.29 is 24.2 Å². The maximum absolute atomic E-state index is 12.6. The molecule has 0 aliphatic heterocycles. The number of carbonyl (C=O) groups is 2. The van der Waals surface area contributed by atoms with Crippen LogP contribution in [0.3, 0.4) is 0 Å². The number of nitriles is 1. The number of benzene rings is 3. The van der Waals surface area contributed by atoms with Gasteiger partial charge in [-0.3, -0.25) is 4.79 Å². The molecule has 8 heteroatoms. The van der Waals surface area contributed by atoms with E-state index in [1.165, 1.54) is 30.3 Å². The van der Waals surface area contributed by atoms with Crippen LogP contribution in [0, 0.1) is 11.3 Å². The van der Waals surface area contributed by atoms with Crippen molar-refractivity contribution in [2.75, 3.05) is 11.9 Å². The zero-order valence-corrected chi connectivity index (χ0v) is 19.0. The number of nitrogens with one attached hydrogen (secondary N) is 1. The summed E-state index contributed by atoms with van der Waals surface area (Å²) in [5.41, 5.74) is 1.49. The van der Waals surface area contributed by atoms with Gasteiger partial charge in [0.2, 0.25) is 0 Å². The highest BCUT2D eigenvalue weighted by molar-refractivity contribution is 6.32. The Labute approximate surface area is 201 Å². The van der Waals surface area contributed by atoms with Gasteiger partial charge in [0.1, 0.15) is 18.2 Å². The van der Waals surface area contributed by atoms with Crippen LogP contribution in [0.1, 0.15) is 28.4 Å². The molecule has 172 valence electrons. The first kappa shape index (κ1) is 24.4. The number of rotatable bonds is 9. The summed E-state index contributed by atoms with van der Waals surface area (Å²) in [5.74, 6) is -1.08. The van der Waals surface area contributed by atoms with Gasteiger partial charge in [-0.15, -0.1) is 0 Å². The number of aromatic carboxylic acids is 1. The van der Waals surface area contributed by atoms with Crippen molar-refractivity contribution >= 4 is 35.2 Å². The van der Waals surface area contributed by atoms with Crippen LogP contribution in [0.5, 0.6) is 11.5 Å². The third kappa shape index (κ3) is 6.37. The normalized spacial score (nSPS) is 10.8. The molecule has 3 rings (SSSR count). The van der Waals surface area contributed by atoms with Crippen LogP contribution < -0.4 is 14.8 Å². The molecular weight excluding hydrogens is 456 g/mol. The van der Waals surface area contributed by atoms with Gasteiger partial charge < -0.3 is 19.9 Å². The quantitative estimate of drug-likeness (QED) is 0.309. The third-order valence-electron chi connectivity index (χ3n) is 4.60. The average molecular weight is 477 g/mol. The molecule has 1 amide bonds. The summed E-state index contributed by atoms with van der Waals surface area (Å²) in [6, 6.07) is 20.4. The average Bonchev–Trinajstić information content (AvgIpc) is 2.83. The monoisotopic (exact) mass is 476 g/mol. The lowest BCUT2D eigenvalue weighted by Crippen LogP contribution is -2.14. The van der Waals surface area contributed by atoms with E-state index in [9.17, 15) is 14.9 Å². The highest BCUT2D eigenvalue weighted by Crippen LogP contribution is 2.38. The first-order valence-corrected chi connectivity index (χ1v) is 10.7. The van der Waals surface area contributed by atoms with Gasteiger partial charge in [0.05, 0.1) is 17.2 Å². The molecule has 0 atom stereocenters. The van der Waals surface area contributed by atoms with Gasteiger partial charge in [-0.05, 0) is 54.5 Å². The summed E-state index contributed by atoms with van der Waals surface area (Å²) < 4.78 is 11.6. The van der Waals surface area contributed by atoms with Crippen molar-refractivity contribution in [3.8, 4) is 17.6 Å². The van der Waals surface area contributed by atoms with E-state index in [2.05, 4.69) is 5.32 Å². The maximum Gasteiger partial charge on any atom is 0.335 e. The summed E-state index contributed by atoms with van der Waals surface area (Å²) in [5, 5.41) is 21.4. The second-order valence-electron chi connectivity index (χ2n) is 7.05. The van der Waals surface area contributed by atoms with Crippen LogP contribution in [0.15, 0.2) is 72.3 Å². The maximum atomic E-state index is 12.6. The Morgan fingerprint density at radius 2 is 1.85 bits per heavy atom. The topological polar surface area (TPSA) is 109 Å². The molecule has 0 fully saturated rings. The minimum Gasteiger partial charge on any atom is -0.490 e. The number of hydrogen-bond acceptors (Lipinski definition) is 5. The van der Waals surface area contributed by atoms with E-state index >= 15 is 0 Å². The molecule has 34 heavy (non-hydrogen) atoms. The zero-order chi connectivity index (χ0) is 24.5. The van der Waals surface area contributed by atoms with Gasteiger partial charge in [-0.25, -0.2) is 4.79 Å². The summed E-state index contributed by atoms with van der Waals surface area (Å²) in [7, 11) is 0. The molecule has 0 aliphatic rings. The molecule has 3 aromatic carbocycles. The lowest BCUT2D eigenvalue weighted by molar-refractivity contribution is -0.112. The fourth-order valence-corrected chi connectivity index (χ4v) is 3.32. The summed E-state index contributed by atoms with van der Waals surface area (Å²) in [6.45, 7) is 2.46. The van der Waals surface area contributed by atoms with Gasteiger partial charge in [-0.2, -0.15) is 5.26 Å². The predicted molar refractivity (Wildman–Crippen MR) is 129 cm³/mol. The van der Waals surface area contributed by atoms with Crippen LogP contribution in [-0.4, -0.2) is 23.6 Å². The highest BCUT2D eigenvalue weighted by atomic mass is 35.5. The van der Waals surface area contributed by atoms with E-state index in [0.29, 0.717) is 23.7 Å².